The molecule has 0 saturated heterocycles. The van der Waals surface area contributed by atoms with Crippen molar-refractivity contribution in [2.45, 2.75) is 19.8 Å². The Bertz CT molecular complexity index is 1120. The number of amides is 1. The van der Waals surface area contributed by atoms with E-state index in [9.17, 15) is 19.2 Å². The second-order valence-electron chi connectivity index (χ2n) is 6.90. The molecule has 0 fully saturated rings. The number of benzene rings is 2. The minimum Gasteiger partial charge on any atom is -0.353 e. The second kappa shape index (κ2) is 9.82. The Labute approximate surface area is 189 Å². The first-order valence-electron chi connectivity index (χ1n) is 9.36. The Morgan fingerprint density at radius 3 is 2.42 bits per heavy atom. The molecular weight excluding hydrogens is 437 g/mol. The number of carbonyl (C=O) groups excluding carboxylic acids is 2. The molecular formula is C23H19ClFN3O2S. The first-order chi connectivity index (χ1) is 14.8. The van der Waals surface area contributed by atoms with Crippen molar-refractivity contribution >= 4 is 40.7 Å². The number of dihydropyridines is 1. The van der Waals surface area contributed by atoms with Gasteiger partial charge in [-0.2, -0.15) is 5.26 Å². The molecule has 3 rings (SSSR count). The number of nitrogens with one attached hydrogen (secondary N) is 2. The summed E-state index contributed by atoms with van der Waals surface area (Å²) in [5.41, 5.74) is 2.73. The van der Waals surface area contributed by atoms with E-state index >= 15 is 0 Å². The topological polar surface area (TPSA) is 82.0 Å². The van der Waals surface area contributed by atoms with Gasteiger partial charge in [0.05, 0.1) is 28.3 Å². The van der Waals surface area contributed by atoms with Crippen molar-refractivity contribution in [1.29, 1.82) is 5.26 Å². The summed E-state index contributed by atoms with van der Waals surface area (Å²) in [6.07, 6.45) is 0. The summed E-state index contributed by atoms with van der Waals surface area (Å²) in [4.78, 5) is 24.7. The molecule has 0 radical (unpaired) electrons. The lowest BCUT2D eigenvalue weighted by molar-refractivity contribution is -0.114. The van der Waals surface area contributed by atoms with Gasteiger partial charge < -0.3 is 10.6 Å². The largest absolute Gasteiger partial charge is 0.353 e. The zero-order valence-corrected chi connectivity index (χ0v) is 18.4. The highest BCUT2D eigenvalue weighted by Gasteiger charge is 2.33. The van der Waals surface area contributed by atoms with Gasteiger partial charge in [-0.3, -0.25) is 9.59 Å². The molecule has 0 saturated carbocycles. The monoisotopic (exact) mass is 455 g/mol. The van der Waals surface area contributed by atoms with Gasteiger partial charge in [0.15, 0.2) is 5.78 Å². The molecule has 1 aliphatic heterocycles. The lowest BCUT2D eigenvalue weighted by Crippen LogP contribution is -2.27. The molecule has 5 nitrogen and oxygen atoms in total. The first-order valence-corrected chi connectivity index (χ1v) is 10.7. The Morgan fingerprint density at radius 1 is 1.19 bits per heavy atom. The molecule has 2 N–H and O–H groups in total. The molecule has 31 heavy (non-hydrogen) atoms. The fourth-order valence-electron chi connectivity index (χ4n) is 3.35. The average Bonchev–Trinajstić information content (AvgIpc) is 2.73. The highest BCUT2D eigenvalue weighted by atomic mass is 35.5. The van der Waals surface area contributed by atoms with Crippen LogP contribution < -0.4 is 10.6 Å². The SMILES string of the molecule is CC(=O)C1=C(C)NC(SCC(=O)Nc2ccc(F)cc2)=C(C#N)[C@H]1c1ccc(Cl)cc1. The second-order valence-corrected chi connectivity index (χ2v) is 8.32. The minimum atomic E-state index is -0.552. The van der Waals surface area contributed by atoms with Crippen molar-refractivity contribution < 1.29 is 14.0 Å². The van der Waals surface area contributed by atoms with Gasteiger partial charge in [0.2, 0.25) is 5.91 Å². The normalized spacial score (nSPS) is 15.9. The summed E-state index contributed by atoms with van der Waals surface area (Å²) in [5, 5.41) is 16.8. The van der Waals surface area contributed by atoms with Gasteiger partial charge in [-0.1, -0.05) is 35.5 Å². The molecule has 2 aromatic rings. The van der Waals surface area contributed by atoms with E-state index in [0.29, 0.717) is 32.6 Å². The van der Waals surface area contributed by atoms with Crippen LogP contribution in [-0.2, 0) is 9.59 Å². The van der Waals surface area contributed by atoms with E-state index < -0.39 is 5.92 Å². The van der Waals surface area contributed by atoms with Crippen LogP contribution in [0.25, 0.3) is 0 Å². The first kappa shape index (κ1) is 22.6. The quantitative estimate of drug-likeness (QED) is 0.630. The number of carbonyl (C=O) groups is 2. The van der Waals surface area contributed by atoms with Crippen molar-refractivity contribution in [1.82, 2.24) is 5.32 Å². The van der Waals surface area contributed by atoms with E-state index in [0.717, 1.165) is 5.56 Å². The number of nitriles is 1. The van der Waals surface area contributed by atoms with Crippen LogP contribution in [0.2, 0.25) is 5.02 Å². The van der Waals surface area contributed by atoms with Crippen LogP contribution in [0.15, 0.2) is 70.4 Å². The Morgan fingerprint density at radius 2 is 1.84 bits per heavy atom. The molecule has 8 heteroatoms. The van der Waals surface area contributed by atoms with Crippen LogP contribution in [0.5, 0.6) is 0 Å². The number of Topliss-reactive ketones (excluding diaryl/α,β-unsaturated/α-hetero) is 1. The van der Waals surface area contributed by atoms with Gasteiger partial charge in [0.25, 0.3) is 0 Å². The number of hydrogen-bond donors (Lipinski definition) is 2. The molecule has 1 amide bonds. The zero-order valence-electron chi connectivity index (χ0n) is 16.8. The molecule has 158 valence electrons. The van der Waals surface area contributed by atoms with Crippen LogP contribution >= 0.6 is 23.4 Å². The van der Waals surface area contributed by atoms with Gasteiger partial charge in [-0.25, -0.2) is 4.39 Å². The molecule has 0 aliphatic carbocycles. The molecule has 0 bridgehead atoms. The Balaban J connectivity index is 1.86. The van der Waals surface area contributed by atoms with E-state index in [-0.39, 0.29) is 23.3 Å². The summed E-state index contributed by atoms with van der Waals surface area (Å²) in [6, 6.07) is 14.7. The fourth-order valence-corrected chi connectivity index (χ4v) is 4.37. The lowest BCUT2D eigenvalue weighted by Gasteiger charge is -2.29. The maximum atomic E-state index is 13.0. The highest BCUT2D eigenvalue weighted by molar-refractivity contribution is 8.03. The van der Waals surface area contributed by atoms with Gasteiger partial charge in [-0.15, -0.1) is 0 Å². The van der Waals surface area contributed by atoms with E-state index in [2.05, 4.69) is 16.7 Å². The number of anilines is 1. The number of rotatable bonds is 6. The smallest absolute Gasteiger partial charge is 0.234 e. The summed E-state index contributed by atoms with van der Waals surface area (Å²) < 4.78 is 13.0. The van der Waals surface area contributed by atoms with Crippen LogP contribution in [0.3, 0.4) is 0 Å². The third-order valence-corrected chi connectivity index (χ3v) is 5.97. The third-order valence-electron chi connectivity index (χ3n) is 4.71. The Hall–Kier alpha value is -3.08. The van der Waals surface area contributed by atoms with Gasteiger partial charge in [0, 0.05) is 22.0 Å². The molecule has 0 spiro atoms. The summed E-state index contributed by atoms with van der Waals surface area (Å²) >= 11 is 7.17. The number of thioether (sulfide) groups is 1. The number of nitrogens with zero attached hydrogens (tertiary/aromatic N) is 1. The van der Waals surface area contributed by atoms with Crippen molar-refractivity contribution in [3.63, 3.8) is 0 Å². The summed E-state index contributed by atoms with van der Waals surface area (Å²) in [7, 11) is 0. The fraction of sp³-hybridized carbons (Fsp3) is 0.174. The molecule has 2 aromatic carbocycles. The molecule has 0 unspecified atom stereocenters. The van der Waals surface area contributed by atoms with E-state index in [1.165, 1.54) is 43.0 Å². The number of hydrogen-bond acceptors (Lipinski definition) is 5. The summed E-state index contributed by atoms with van der Waals surface area (Å²) in [6.45, 7) is 3.24. The predicted octanol–water partition coefficient (Wildman–Crippen LogP) is 5.14. The van der Waals surface area contributed by atoms with Crippen LogP contribution in [0.4, 0.5) is 10.1 Å². The van der Waals surface area contributed by atoms with Crippen molar-refractivity contribution in [3.05, 3.63) is 86.8 Å². The van der Waals surface area contributed by atoms with Gasteiger partial charge in [-0.05, 0) is 55.8 Å². The number of ketones is 1. The maximum absolute atomic E-state index is 13.0. The summed E-state index contributed by atoms with van der Waals surface area (Å²) in [5.74, 6) is -1.36. The molecule has 1 atom stereocenters. The van der Waals surface area contributed by atoms with Gasteiger partial charge in [0.1, 0.15) is 5.82 Å². The minimum absolute atomic E-state index is 0.0287. The van der Waals surface area contributed by atoms with Crippen molar-refractivity contribution in [2.24, 2.45) is 0 Å². The third kappa shape index (κ3) is 5.35. The zero-order chi connectivity index (χ0) is 22.5. The highest BCUT2D eigenvalue weighted by Crippen LogP contribution is 2.41. The number of allylic oxidation sites excluding steroid dienone is 3. The molecule has 1 aliphatic rings. The molecule has 0 aromatic heterocycles. The van der Waals surface area contributed by atoms with E-state index in [4.69, 9.17) is 11.6 Å². The average molecular weight is 456 g/mol. The maximum Gasteiger partial charge on any atom is 0.234 e. The van der Waals surface area contributed by atoms with E-state index in [1.54, 1.807) is 31.2 Å². The van der Waals surface area contributed by atoms with E-state index in [1.807, 2.05) is 0 Å². The van der Waals surface area contributed by atoms with Crippen molar-refractivity contribution in [3.8, 4) is 6.07 Å². The van der Waals surface area contributed by atoms with Crippen LogP contribution in [0, 0.1) is 17.1 Å². The van der Waals surface area contributed by atoms with Gasteiger partial charge >= 0.3 is 0 Å². The number of halogens is 2. The standard InChI is InChI=1S/C23H19ClFN3O2S/c1-13-21(14(2)29)22(15-3-5-16(24)6-4-15)19(11-26)23(27-13)31-12-20(30)28-18-9-7-17(25)8-10-18/h3-10,22,27H,12H2,1-2H3,(H,28,30)/t22-/m1/s1. The predicted molar refractivity (Wildman–Crippen MR) is 121 cm³/mol. The van der Waals surface area contributed by atoms with Crippen LogP contribution in [-0.4, -0.2) is 17.4 Å². The lowest BCUT2D eigenvalue weighted by atomic mass is 9.81. The molecule has 1 heterocycles. The Kier molecular flexibility index (Phi) is 7.16. The van der Waals surface area contributed by atoms with Crippen LogP contribution in [0.1, 0.15) is 25.3 Å². The van der Waals surface area contributed by atoms with Crippen molar-refractivity contribution in [2.75, 3.05) is 11.1 Å².